The predicted octanol–water partition coefficient (Wildman–Crippen LogP) is 6.02. The van der Waals surface area contributed by atoms with E-state index in [0.29, 0.717) is 39.1 Å². The summed E-state index contributed by atoms with van der Waals surface area (Å²) in [6.45, 7) is 3.60. The van der Waals surface area contributed by atoms with Crippen LogP contribution in [0.15, 0.2) is 63.9 Å². The quantitative estimate of drug-likeness (QED) is 0.0290. The molecule has 2 aromatic heterocycles. The highest BCUT2D eigenvalue weighted by molar-refractivity contribution is 7.98. The number of thiazole rings is 1. The van der Waals surface area contributed by atoms with Gasteiger partial charge in [0, 0.05) is 40.4 Å². The van der Waals surface area contributed by atoms with Crippen molar-refractivity contribution in [2.45, 2.75) is 49.6 Å². The third-order valence-corrected chi connectivity index (χ3v) is 9.93. The number of nitrogens with zero attached hydrogens (tertiary/aromatic N) is 5. The second-order valence-electron chi connectivity index (χ2n) is 11.9. The van der Waals surface area contributed by atoms with Gasteiger partial charge in [0.2, 0.25) is 5.91 Å². The summed E-state index contributed by atoms with van der Waals surface area (Å²) in [5.74, 6) is -1.42. The third kappa shape index (κ3) is 13.9. The number of pyridine rings is 1. The number of rotatable bonds is 18. The van der Waals surface area contributed by atoms with Gasteiger partial charge in [0.25, 0.3) is 0 Å². The van der Waals surface area contributed by atoms with Crippen LogP contribution in [0.25, 0.3) is 21.7 Å². The minimum Gasteiger partial charge on any atom is -0.492 e. The summed E-state index contributed by atoms with van der Waals surface area (Å²) >= 11 is 8.79. The number of guanidine groups is 1. The zero-order valence-corrected chi connectivity index (χ0v) is 35.0. The highest BCUT2D eigenvalue weighted by Gasteiger charge is 2.27. The lowest BCUT2D eigenvalue weighted by atomic mass is 9.97. The summed E-state index contributed by atoms with van der Waals surface area (Å²) in [4.78, 5) is 37.8. The minimum atomic E-state index is -1.17. The summed E-state index contributed by atoms with van der Waals surface area (Å²) in [6, 6.07) is 16.2. The number of nitriles is 2. The number of nitrogens with one attached hydrogen (secondary N) is 2. The normalized spacial score (nSPS) is 11.7. The van der Waals surface area contributed by atoms with Gasteiger partial charge in [-0.1, -0.05) is 61.5 Å². The summed E-state index contributed by atoms with van der Waals surface area (Å²) in [7, 11) is 0. The highest BCUT2D eigenvalue weighted by Crippen LogP contribution is 2.37. The number of anilines is 1. The largest absolute Gasteiger partial charge is 0.492 e. The second kappa shape index (κ2) is 24.2. The molecule has 0 unspecified atom stereocenters. The molecule has 0 spiro atoms. The molecule has 0 saturated heterocycles. The van der Waals surface area contributed by atoms with E-state index in [4.69, 9.17) is 39.9 Å². The maximum atomic E-state index is 13.1. The SMILES string of the molecule is Cl.Cl.Cl.[2H]N(CCOc1ccc(-c2c(C#N)c(N)nc(SCc3csc(-c4ccc(Cl)cc4)n3)c2C#N)cc1)[C@@H](CCCN=C(N)N)C(=O)N[C@H](C(=O)O)C(C)C. The summed E-state index contributed by atoms with van der Waals surface area (Å²) in [5.41, 5.74) is 19.9. The number of aromatic nitrogens is 2. The Bertz CT molecular complexity index is 2060. The molecule has 4 rings (SSSR count). The third-order valence-electron chi connectivity index (χ3n) is 7.73. The van der Waals surface area contributed by atoms with E-state index in [1.807, 2.05) is 17.5 Å². The highest BCUT2D eigenvalue weighted by atomic mass is 35.5. The van der Waals surface area contributed by atoms with Crippen LogP contribution in [-0.2, 0) is 15.3 Å². The molecule has 0 bridgehead atoms. The van der Waals surface area contributed by atoms with E-state index < -0.39 is 24.0 Å². The maximum Gasteiger partial charge on any atom is 0.326 e. The molecule has 0 saturated carbocycles. The number of benzene rings is 2. The van der Waals surface area contributed by atoms with Crippen molar-refractivity contribution in [1.82, 2.24) is 20.6 Å². The fourth-order valence-corrected chi connectivity index (χ4v) is 7.03. The summed E-state index contributed by atoms with van der Waals surface area (Å²) < 4.78 is 14.5. The Hall–Kier alpha value is -4.52. The van der Waals surface area contributed by atoms with E-state index in [9.17, 15) is 25.2 Å². The molecule has 2 atom stereocenters. The van der Waals surface area contributed by atoms with Crippen molar-refractivity contribution in [2.75, 3.05) is 25.4 Å². The first-order chi connectivity index (χ1) is 25.8. The monoisotopic (exact) mass is 883 g/mol. The molecule has 9 N–H and O–H groups in total. The average molecular weight is 886 g/mol. The number of carboxylic acid groups (broad SMARTS) is 1. The lowest BCUT2D eigenvalue weighted by Gasteiger charge is -2.23. The van der Waals surface area contributed by atoms with Gasteiger partial charge >= 0.3 is 5.97 Å². The second-order valence-corrected chi connectivity index (χ2v) is 14.2. The van der Waals surface area contributed by atoms with Gasteiger partial charge in [-0.2, -0.15) is 10.5 Å². The van der Waals surface area contributed by atoms with Gasteiger partial charge in [-0.15, -0.1) is 48.6 Å². The van der Waals surface area contributed by atoms with Crippen LogP contribution < -0.4 is 32.6 Å². The number of halogens is 4. The Labute approximate surface area is 358 Å². The van der Waals surface area contributed by atoms with Crippen LogP contribution in [0, 0.1) is 28.6 Å². The van der Waals surface area contributed by atoms with E-state index in [0.717, 1.165) is 21.6 Å². The van der Waals surface area contributed by atoms with Crippen molar-refractivity contribution in [3.63, 3.8) is 0 Å². The number of amides is 1. The van der Waals surface area contributed by atoms with Crippen molar-refractivity contribution in [1.29, 1.82) is 10.5 Å². The molecule has 20 heteroatoms. The molecule has 300 valence electrons. The maximum absolute atomic E-state index is 13.1. The van der Waals surface area contributed by atoms with Gasteiger partial charge in [0.1, 0.15) is 53.4 Å². The van der Waals surface area contributed by atoms with Gasteiger partial charge in [0.05, 0.1) is 17.3 Å². The average Bonchev–Trinajstić information content (AvgIpc) is 3.61. The number of hydrogen-bond acceptors (Lipinski definition) is 12. The number of ether oxygens (including phenoxy) is 1. The van der Waals surface area contributed by atoms with E-state index in [1.165, 1.54) is 23.1 Å². The lowest BCUT2D eigenvalue weighted by molar-refractivity contribution is -0.143. The van der Waals surface area contributed by atoms with Crippen molar-refractivity contribution < 1.29 is 20.8 Å². The number of thioether (sulfide) groups is 1. The number of carboxylic acids is 1. The molecule has 2 heterocycles. The van der Waals surface area contributed by atoms with Gasteiger partial charge in [-0.3, -0.25) is 9.79 Å². The van der Waals surface area contributed by atoms with Crippen molar-refractivity contribution >= 4 is 95.6 Å². The van der Waals surface area contributed by atoms with Crippen LogP contribution in [0.4, 0.5) is 5.82 Å². The fourth-order valence-electron chi connectivity index (χ4n) is 5.08. The number of nitrogens with two attached hydrogens (primary N) is 3. The van der Waals surface area contributed by atoms with Crippen LogP contribution in [0.2, 0.25) is 6.43 Å². The minimum absolute atomic E-state index is 0. The molecular weight excluding hydrogens is 842 g/mol. The number of aliphatic imine (C=N–C) groups is 1. The number of nitrogen functional groups attached to an aromatic ring is 1. The van der Waals surface area contributed by atoms with Crippen molar-refractivity contribution in [3.8, 4) is 39.6 Å². The van der Waals surface area contributed by atoms with E-state index in [1.54, 1.807) is 50.2 Å². The summed E-state index contributed by atoms with van der Waals surface area (Å²) in [6.07, 6.45) is 0.565. The van der Waals surface area contributed by atoms with Crippen LogP contribution in [0.5, 0.6) is 5.75 Å². The van der Waals surface area contributed by atoms with E-state index in [-0.39, 0.29) is 92.2 Å². The molecule has 2 aromatic carbocycles. The lowest BCUT2D eigenvalue weighted by Crippen LogP contribution is -2.52. The molecule has 0 fully saturated rings. The summed E-state index contributed by atoms with van der Waals surface area (Å²) in [5, 5.41) is 37.1. The topological polar surface area (TPSA) is 251 Å². The zero-order chi connectivity index (χ0) is 39.4. The van der Waals surface area contributed by atoms with Gasteiger partial charge in [-0.05, 0) is 48.6 Å². The van der Waals surface area contributed by atoms with Crippen molar-refractivity contribution in [2.24, 2.45) is 22.4 Å². The molecule has 56 heavy (non-hydrogen) atoms. The number of carbonyl (C=O) groups excluding carboxylic acids is 1. The molecule has 0 aliphatic heterocycles. The smallest absolute Gasteiger partial charge is 0.326 e. The van der Waals surface area contributed by atoms with Crippen LogP contribution in [0.3, 0.4) is 0 Å². The number of carbonyl (C=O) groups is 2. The Kier molecular flexibility index (Phi) is 20.6. The van der Waals surface area contributed by atoms with Gasteiger partial charge < -0.3 is 37.7 Å². The molecule has 14 nitrogen and oxygen atoms in total. The molecule has 1 amide bonds. The van der Waals surface area contributed by atoms with Gasteiger partial charge in [0.15, 0.2) is 5.96 Å². The number of aliphatic carboxylic acids is 1. The van der Waals surface area contributed by atoms with Crippen LogP contribution >= 0.6 is 71.9 Å². The Morgan fingerprint density at radius 1 is 1.05 bits per heavy atom. The molecule has 0 radical (unpaired) electrons. The predicted molar refractivity (Wildman–Crippen MR) is 229 cm³/mol. The fraction of sp³-hybridized carbons (Fsp3) is 0.306. The standard InChI is InChI=1S/C36H39ClN10O4S2.3ClH/c1-20(2)30(35(49)50)46-32(48)28(4-3-13-44-36(41)42)43-14-15-51-25-11-7-21(8-12-25)29-26(16-38)31(40)47-34(27(29)17-39)53-19-24-18-52-33(45-24)22-5-9-23(37)10-6-22;;;/h5-12,18,20,28,30,43H,3-4,13-15,19H2,1-2H3,(H2,40,47)(H,46,48)(H,49,50)(H4,41,42,44);3*1H/t28-,30-;;;/m0.../s1/i/hD. The Balaban J connectivity index is 0.00000541. The number of hydrogen-bond donors (Lipinski definition) is 6. The Morgan fingerprint density at radius 3 is 2.29 bits per heavy atom. The Morgan fingerprint density at radius 2 is 1.70 bits per heavy atom. The first kappa shape index (κ1) is 47.6. The van der Waals surface area contributed by atoms with E-state index >= 15 is 0 Å². The molecule has 0 aliphatic rings. The molecule has 4 aromatic rings. The first-order valence-electron chi connectivity index (χ1n) is 16.8. The van der Waals surface area contributed by atoms with Crippen molar-refractivity contribution in [3.05, 3.63) is 75.8 Å². The van der Waals surface area contributed by atoms with Gasteiger partial charge in [-0.25, -0.2) is 14.8 Å². The molecule has 0 aliphatic carbocycles. The first-order valence-corrected chi connectivity index (χ1v) is 18.6. The zero-order valence-electron chi connectivity index (χ0n) is 31.2. The molecular formula is C36H42Cl4N10O4S2. The van der Waals surface area contributed by atoms with E-state index in [2.05, 4.69) is 27.4 Å². The van der Waals surface area contributed by atoms with Crippen LogP contribution in [0.1, 0.15) is 43.5 Å². The van der Waals surface area contributed by atoms with Crippen LogP contribution in [-0.4, -0.2) is 64.7 Å².